The van der Waals surface area contributed by atoms with E-state index in [2.05, 4.69) is 31.2 Å². The highest BCUT2D eigenvalue weighted by Gasteiger charge is 2.38. The molecular weight excluding hydrogens is 308 g/mol. The Morgan fingerprint density at radius 1 is 1.04 bits per heavy atom. The van der Waals surface area contributed by atoms with Crippen LogP contribution in [-0.2, 0) is 4.79 Å². The zero-order chi connectivity index (χ0) is 18.1. The molecule has 0 spiro atoms. The third-order valence-corrected chi connectivity index (χ3v) is 6.44. The molecule has 4 unspecified atom stereocenters. The van der Waals surface area contributed by atoms with Crippen LogP contribution in [0.3, 0.4) is 0 Å². The molecule has 2 aliphatic carbocycles. The molecular formula is C23H38O2. The van der Waals surface area contributed by atoms with Gasteiger partial charge in [-0.3, -0.25) is 4.79 Å². The van der Waals surface area contributed by atoms with Gasteiger partial charge in [0.2, 0.25) is 0 Å². The molecule has 25 heavy (non-hydrogen) atoms. The third-order valence-electron chi connectivity index (χ3n) is 6.44. The first-order valence-electron chi connectivity index (χ1n) is 10.6. The average molecular weight is 347 g/mol. The Morgan fingerprint density at radius 3 is 2.36 bits per heavy atom. The predicted molar refractivity (Wildman–Crippen MR) is 105 cm³/mol. The lowest BCUT2D eigenvalue weighted by molar-refractivity contribution is -0.130. The van der Waals surface area contributed by atoms with Crippen LogP contribution in [0.25, 0.3) is 0 Å². The van der Waals surface area contributed by atoms with Crippen molar-refractivity contribution in [2.45, 2.75) is 96.5 Å². The van der Waals surface area contributed by atoms with Crippen LogP contribution in [0.4, 0.5) is 0 Å². The number of Topliss-reactive ketones (excluding diaryl/α,β-unsaturated/α-hetero) is 1. The van der Waals surface area contributed by atoms with Crippen LogP contribution in [0.1, 0.15) is 90.9 Å². The second kappa shape index (κ2) is 10.3. The Bertz CT molecular complexity index is 465. The van der Waals surface area contributed by atoms with Crippen molar-refractivity contribution >= 4 is 5.78 Å². The maximum Gasteiger partial charge on any atom is 0.139 e. The SMILES string of the molecule is CCC(O)(CC(C)C(=O)C1C/C=C\CCCC1)C1C/C=C\CCCC1. The summed E-state index contributed by atoms with van der Waals surface area (Å²) in [5.74, 6) is 0.781. The number of allylic oxidation sites excluding steroid dienone is 4. The highest BCUT2D eigenvalue weighted by atomic mass is 16.3. The fourth-order valence-electron chi connectivity index (χ4n) is 4.68. The second-order valence-electron chi connectivity index (χ2n) is 8.34. The number of carbonyl (C=O) groups excluding carboxylic acids is 1. The van der Waals surface area contributed by atoms with Gasteiger partial charge in [-0.2, -0.15) is 0 Å². The molecule has 142 valence electrons. The third kappa shape index (κ3) is 6.09. The summed E-state index contributed by atoms with van der Waals surface area (Å²) in [5, 5.41) is 11.4. The van der Waals surface area contributed by atoms with E-state index in [4.69, 9.17) is 0 Å². The van der Waals surface area contributed by atoms with Crippen LogP contribution in [0.15, 0.2) is 24.3 Å². The molecule has 0 fully saturated rings. The Morgan fingerprint density at radius 2 is 1.68 bits per heavy atom. The van der Waals surface area contributed by atoms with E-state index in [0.717, 1.165) is 44.9 Å². The van der Waals surface area contributed by atoms with Gasteiger partial charge in [0.15, 0.2) is 0 Å². The van der Waals surface area contributed by atoms with Crippen molar-refractivity contribution in [2.24, 2.45) is 17.8 Å². The number of ketones is 1. The minimum absolute atomic E-state index is 0.0443. The largest absolute Gasteiger partial charge is 0.390 e. The molecule has 0 amide bonds. The first kappa shape index (κ1) is 20.4. The molecule has 0 radical (unpaired) electrons. The lowest BCUT2D eigenvalue weighted by Crippen LogP contribution is -2.41. The minimum atomic E-state index is -0.700. The van der Waals surface area contributed by atoms with Gasteiger partial charge in [0.1, 0.15) is 5.78 Å². The van der Waals surface area contributed by atoms with E-state index >= 15 is 0 Å². The summed E-state index contributed by atoms with van der Waals surface area (Å²) in [6.07, 6.45) is 21.3. The molecule has 0 heterocycles. The van der Waals surface area contributed by atoms with Gasteiger partial charge < -0.3 is 5.11 Å². The van der Waals surface area contributed by atoms with Gasteiger partial charge in [-0.15, -0.1) is 0 Å². The summed E-state index contributed by atoms with van der Waals surface area (Å²) >= 11 is 0. The quantitative estimate of drug-likeness (QED) is 0.599. The molecule has 0 saturated carbocycles. The minimum Gasteiger partial charge on any atom is -0.390 e. The molecule has 2 rings (SSSR count). The maximum atomic E-state index is 13.0. The molecule has 2 aliphatic rings. The van der Waals surface area contributed by atoms with E-state index in [1.807, 2.05) is 6.92 Å². The molecule has 0 aromatic rings. The molecule has 1 N–H and O–H groups in total. The Kier molecular flexibility index (Phi) is 8.42. The molecule has 2 nitrogen and oxygen atoms in total. The fourth-order valence-corrected chi connectivity index (χ4v) is 4.68. The van der Waals surface area contributed by atoms with Crippen molar-refractivity contribution in [3.63, 3.8) is 0 Å². The topological polar surface area (TPSA) is 37.3 Å². The monoisotopic (exact) mass is 346 g/mol. The molecule has 2 heteroatoms. The van der Waals surface area contributed by atoms with Crippen LogP contribution in [-0.4, -0.2) is 16.5 Å². The van der Waals surface area contributed by atoms with Crippen molar-refractivity contribution < 1.29 is 9.90 Å². The van der Waals surface area contributed by atoms with Gasteiger partial charge in [-0.25, -0.2) is 0 Å². The standard InChI is InChI=1S/C23H38O2/c1-3-23(25,21-16-12-8-5-9-13-17-21)18-19(2)22(24)20-14-10-6-4-7-11-15-20/h6,8,10,12,19-21,25H,3-5,7,9,11,13-18H2,1-2H3/b10-6-,12-8-. The number of hydrogen-bond acceptors (Lipinski definition) is 2. The second-order valence-corrected chi connectivity index (χ2v) is 8.34. The zero-order valence-corrected chi connectivity index (χ0v) is 16.4. The van der Waals surface area contributed by atoms with Gasteiger partial charge in [0.05, 0.1) is 5.60 Å². The van der Waals surface area contributed by atoms with Crippen molar-refractivity contribution in [3.8, 4) is 0 Å². The Labute approximate surface area is 154 Å². The number of hydrogen-bond donors (Lipinski definition) is 1. The van der Waals surface area contributed by atoms with E-state index in [-0.39, 0.29) is 11.8 Å². The van der Waals surface area contributed by atoms with E-state index in [1.165, 1.54) is 25.7 Å². The number of rotatable bonds is 6. The Balaban J connectivity index is 2.01. The van der Waals surface area contributed by atoms with E-state index < -0.39 is 5.60 Å². The first-order chi connectivity index (χ1) is 12.1. The van der Waals surface area contributed by atoms with Crippen molar-refractivity contribution in [1.29, 1.82) is 0 Å². The average Bonchev–Trinajstić information content (AvgIpc) is 2.53. The molecule has 4 atom stereocenters. The summed E-state index contributed by atoms with van der Waals surface area (Å²) in [5.41, 5.74) is -0.700. The van der Waals surface area contributed by atoms with Crippen LogP contribution < -0.4 is 0 Å². The van der Waals surface area contributed by atoms with Gasteiger partial charge in [0, 0.05) is 11.8 Å². The van der Waals surface area contributed by atoms with Gasteiger partial charge in [0.25, 0.3) is 0 Å². The molecule has 0 bridgehead atoms. The van der Waals surface area contributed by atoms with Gasteiger partial charge >= 0.3 is 0 Å². The Hall–Kier alpha value is -0.890. The van der Waals surface area contributed by atoms with E-state index in [0.29, 0.717) is 18.1 Å². The van der Waals surface area contributed by atoms with Crippen molar-refractivity contribution in [3.05, 3.63) is 24.3 Å². The van der Waals surface area contributed by atoms with Crippen molar-refractivity contribution in [1.82, 2.24) is 0 Å². The number of aliphatic hydroxyl groups is 1. The smallest absolute Gasteiger partial charge is 0.139 e. The first-order valence-corrected chi connectivity index (χ1v) is 10.6. The maximum absolute atomic E-state index is 13.0. The van der Waals surface area contributed by atoms with Crippen LogP contribution in [0, 0.1) is 17.8 Å². The fraction of sp³-hybridized carbons (Fsp3) is 0.783. The predicted octanol–water partition coefficient (Wildman–Crippen LogP) is 6.00. The van der Waals surface area contributed by atoms with Gasteiger partial charge in [-0.05, 0) is 70.1 Å². The molecule has 0 aromatic carbocycles. The zero-order valence-electron chi connectivity index (χ0n) is 16.4. The summed E-state index contributed by atoms with van der Waals surface area (Å²) in [7, 11) is 0. The highest BCUT2D eigenvalue weighted by molar-refractivity contribution is 5.83. The summed E-state index contributed by atoms with van der Waals surface area (Å²) < 4.78 is 0. The normalized spacial score (nSPS) is 31.5. The summed E-state index contributed by atoms with van der Waals surface area (Å²) in [6.45, 7) is 4.13. The van der Waals surface area contributed by atoms with E-state index in [1.54, 1.807) is 0 Å². The van der Waals surface area contributed by atoms with Crippen LogP contribution in [0.2, 0.25) is 0 Å². The summed E-state index contributed by atoms with van der Waals surface area (Å²) in [4.78, 5) is 13.0. The molecule has 0 aliphatic heterocycles. The van der Waals surface area contributed by atoms with Gasteiger partial charge in [-0.1, -0.05) is 51.0 Å². The van der Waals surface area contributed by atoms with Crippen molar-refractivity contribution in [2.75, 3.05) is 0 Å². The summed E-state index contributed by atoms with van der Waals surface area (Å²) in [6, 6.07) is 0. The molecule has 0 saturated heterocycles. The van der Waals surface area contributed by atoms with Crippen LogP contribution >= 0.6 is 0 Å². The molecule has 0 aromatic heterocycles. The van der Waals surface area contributed by atoms with E-state index in [9.17, 15) is 9.90 Å². The lowest BCUT2D eigenvalue weighted by atomic mass is 9.72. The lowest BCUT2D eigenvalue weighted by Gasteiger charge is -2.38. The number of carbonyl (C=O) groups is 1. The van der Waals surface area contributed by atoms with Crippen LogP contribution in [0.5, 0.6) is 0 Å². The highest BCUT2D eigenvalue weighted by Crippen LogP contribution is 2.37.